The maximum absolute atomic E-state index is 7.43. The predicted molar refractivity (Wildman–Crippen MR) is 132 cm³/mol. The first kappa shape index (κ1) is 23.1. The Morgan fingerprint density at radius 2 is 1.90 bits per heavy atom. The Morgan fingerprint density at radius 3 is 2.60 bits per heavy atom. The monoisotopic (exact) mass is 448 g/mol. The van der Waals surface area contributed by atoms with Gasteiger partial charge >= 0.3 is 0 Å². The second-order valence-corrected chi connectivity index (χ2v) is 17.7. The fourth-order valence-electron chi connectivity index (χ4n) is 7.82. The van der Waals surface area contributed by atoms with E-state index in [-0.39, 0.29) is 16.1 Å². The molecule has 170 valence electrons. The highest BCUT2D eigenvalue weighted by Crippen LogP contribution is 2.67. The zero-order chi connectivity index (χ0) is 21.8. The van der Waals surface area contributed by atoms with Gasteiger partial charge in [-0.05, 0) is 111 Å². The third-order valence-electron chi connectivity index (χ3n) is 10.5. The lowest BCUT2D eigenvalue weighted by atomic mass is 9.50. The van der Waals surface area contributed by atoms with E-state index in [4.69, 9.17) is 16.0 Å². The van der Waals surface area contributed by atoms with Crippen molar-refractivity contribution in [3.05, 3.63) is 23.3 Å². The number of rotatable bonds is 4. The molecule has 0 saturated heterocycles. The van der Waals surface area contributed by atoms with Crippen molar-refractivity contribution in [1.29, 1.82) is 0 Å². The van der Waals surface area contributed by atoms with Gasteiger partial charge in [-0.25, -0.2) is 0 Å². The minimum absolute atomic E-state index is 0.0281. The van der Waals surface area contributed by atoms with E-state index in [0.717, 1.165) is 30.1 Å². The molecule has 4 aliphatic rings. The second kappa shape index (κ2) is 8.06. The molecule has 0 spiro atoms. The van der Waals surface area contributed by atoms with Crippen molar-refractivity contribution in [1.82, 2.24) is 0 Å². The Morgan fingerprint density at radius 1 is 1.13 bits per heavy atom. The van der Waals surface area contributed by atoms with Crippen LogP contribution in [0.2, 0.25) is 18.1 Å². The van der Waals surface area contributed by atoms with Crippen molar-refractivity contribution in [3.8, 4) is 0 Å². The number of fused-ring (bicyclic) bond motifs is 5. The molecule has 0 aromatic carbocycles. The summed E-state index contributed by atoms with van der Waals surface area (Å²) < 4.78 is 7.43. The summed E-state index contributed by atoms with van der Waals surface area (Å²) in [5.74, 6) is 3.58. The maximum atomic E-state index is 7.43. The Kier molecular flexibility index (Phi) is 6.21. The zero-order valence-corrected chi connectivity index (χ0v) is 22.2. The molecule has 0 aliphatic heterocycles. The van der Waals surface area contributed by atoms with Crippen LogP contribution in [0.1, 0.15) is 91.9 Å². The molecule has 1 unspecified atom stereocenters. The van der Waals surface area contributed by atoms with Crippen LogP contribution >= 0.6 is 11.6 Å². The lowest BCUT2D eigenvalue weighted by molar-refractivity contribution is -0.107. The summed E-state index contributed by atoms with van der Waals surface area (Å²) in [5, 5.41) is 0.239. The summed E-state index contributed by atoms with van der Waals surface area (Å²) in [6.45, 7) is 14.7. The van der Waals surface area contributed by atoms with Gasteiger partial charge in [0.05, 0.1) is 5.60 Å². The highest BCUT2D eigenvalue weighted by atomic mass is 35.5. The molecule has 3 fully saturated rings. The van der Waals surface area contributed by atoms with Gasteiger partial charge in [-0.3, -0.25) is 0 Å². The molecule has 0 heterocycles. The third-order valence-corrected chi connectivity index (χ3v) is 15.2. The average molecular weight is 449 g/mol. The molecule has 0 radical (unpaired) electrons. The van der Waals surface area contributed by atoms with Crippen LogP contribution in [-0.4, -0.2) is 13.9 Å². The van der Waals surface area contributed by atoms with E-state index in [1.165, 1.54) is 57.8 Å². The van der Waals surface area contributed by atoms with Gasteiger partial charge in [0.25, 0.3) is 0 Å². The minimum atomic E-state index is -1.87. The molecule has 0 N–H and O–H groups in total. The molecule has 4 aliphatic carbocycles. The quantitative estimate of drug-likeness (QED) is 0.308. The van der Waals surface area contributed by atoms with Crippen LogP contribution in [0.25, 0.3) is 0 Å². The van der Waals surface area contributed by atoms with E-state index >= 15 is 0 Å². The fourth-order valence-corrected chi connectivity index (χ4v) is 9.61. The number of hydrogen-bond donors (Lipinski definition) is 0. The van der Waals surface area contributed by atoms with Crippen LogP contribution in [-0.2, 0) is 4.43 Å². The van der Waals surface area contributed by atoms with Crippen molar-refractivity contribution in [2.45, 2.75) is 116 Å². The number of hydrogen-bond acceptors (Lipinski definition) is 1. The van der Waals surface area contributed by atoms with Gasteiger partial charge in [-0.15, -0.1) is 0 Å². The van der Waals surface area contributed by atoms with Crippen molar-refractivity contribution < 1.29 is 4.43 Å². The minimum Gasteiger partial charge on any atom is -0.410 e. The van der Waals surface area contributed by atoms with Crippen LogP contribution in [0.3, 0.4) is 0 Å². The largest absolute Gasteiger partial charge is 0.410 e. The van der Waals surface area contributed by atoms with Crippen molar-refractivity contribution in [2.24, 2.45) is 29.1 Å². The van der Waals surface area contributed by atoms with E-state index < -0.39 is 8.32 Å². The molecule has 0 amide bonds. The van der Waals surface area contributed by atoms with Gasteiger partial charge in [0.2, 0.25) is 0 Å². The summed E-state index contributed by atoms with van der Waals surface area (Å²) in [5.41, 5.74) is 3.83. The van der Waals surface area contributed by atoms with Crippen LogP contribution in [0.5, 0.6) is 0 Å². The third kappa shape index (κ3) is 3.61. The first-order valence-electron chi connectivity index (χ1n) is 12.7. The molecule has 6 atom stereocenters. The van der Waals surface area contributed by atoms with Crippen molar-refractivity contribution in [3.63, 3.8) is 0 Å². The normalized spacial score (nSPS) is 41.9. The van der Waals surface area contributed by atoms with E-state index in [9.17, 15) is 0 Å². The smallest absolute Gasteiger partial charge is 0.192 e. The van der Waals surface area contributed by atoms with Gasteiger partial charge in [-0.2, -0.15) is 0 Å². The fraction of sp³-hybridized carbons (Fsp3) is 0.852. The molecule has 0 aromatic rings. The van der Waals surface area contributed by atoms with Crippen LogP contribution in [0.15, 0.2) is 23.3 Å². The van der Waals surface area contributed by atoms with E-state index in [1.54, 1.807) is 5.54 Å². The SMILES string of the molecule is CC(C)(C)[Si](C)(C)OC1(C/C=C\Cl)CC[C@H]2[C@@H]3CCC4=CCCC[C@@H]4[C@H]3CC[C@@]21C. The van der Waals surface area contributed by atoms with Gasteiger partial charge in [0.1, 0.15) is 0 Å². The zero-order valence-electron chi connectivity index (χ0n) is 20.4. The maximum Gasteiger partial charge on any atom is 0.192 e. The van der Waals surface area contributed by atoms with E-state index in [1.807, 2.05) is 5.57 Å². The van der Waals surface area contributed by atoms with Gasteiger partial charge in [0.15, 0.2) is 8.32 Å². The van der Waals surface area contributed by atoms with Gasteiger partial charge in [-0.1, -0.05) is 57.0 Å². The number of allylic oxidation sites excluding steroid dienone is 2. The second-order valence-electron chi connectivity index (χ2n) is 12.7. The molecule has 0 aromatic heterocycles. The predicted octanol–water partition coefficient (Wildman–Crippen LogP) is 8.85. The van der Waals surface area contributed by atoms with E-state index in [2.05, 4.69) is 52.9 Å². The van der Waals surface area contributed by atoms with Crippen LogP contribution in [0, 0.1) is 29.1 Å². The van der Waals surface area contributed by atoms with Gasteiger partial charge in [0, 0.05) is 5.54 Å². The first-order chi connectivity index (χ1) is 14.0. The Hall–Kier alpha value is -0.0531. The van der Waals surface area contributed by atoms with Gasteiger partial charge < -0.3 is 4.43 Å². The number of halogens is 1. The molecular formula is C27H45ClOSi. The molecule has 3 saturated carbocycles. The standard InChI is InChI=1S/C27H45ClOSi/c1-25(2,3)30(5,6)29-27(16-9-19-28)18-15-24-23-13-12-20-10-7-8-11-21(20)22(23)14-17-26(24,27)4/h9-10,19,21-24H,7-8,11-18H2,1-6H3/b19-9-/t21-,22+,23+,24-,26-,27?/m0/s1. The highest BCUT2D eigenvalue weighted by molar-refractivity contribution is 6.74. The summed E-state index contributed by atoms with van der Waals surface area (Å²) in [6.07, 6.45) is 18.1. The summed E-state index contributed by atoms with van der Waals surface area (Å²) in [6, 6.07) is 0. The topological polar surface area (TPSA) is 9.23 Å². The highest BCUT2D eigenvalue weighted by Gasteiger charge is 2.64. The molecule has 3 heteroatoms. The first-order valence-corrected chi connectivity index (χ1v) is 16.0. The Bertz CT molecular complexity index is 704. The lowest BCUT2D eigenvalue weighted by Crippen LogP contribution is -2.58. The van der Waals surface area contributed by atoms with Crippen molar-refractivity contribution in [2.75, 3.05) is 0 Å². The lowest BCUT2D eigenvalue weighted by Gasteiger charge is -2.58. The average Bonchev–Trinajstić information content (AvgIpc) is 2.97. The molecule has 30 heavy (non-hydrogen) atoms. The molecule has 0 bridgehead atoms. The molecule has 1 nitrogen and oxygen atoms in total. The molecule has 4 rings (SSSR count). The van der Waals surface area contributed by atoms with Crippen LogP contribution in [0.4, 0.5) is 0 Å². The summed E-state index contributed by atoms with van der Waals surface area (Å²) >= 11 is 6.08. The summed E-state index contributed by atoms with van der Waals surface area (Å²) in [4.78, 5) is 0. The van der Waals surface area contributed by atoms with Crippen LogP contribution < -0.4 is 0 Å². The summed E-state index contributed by atoms with van der Waals surface area (Å²) in [7, 11) is -1.87. The van der Waals surface area contributed by atoms with E-state index in [0.29, 0.717) is 0 Å². The van der Waals surface area contributed by atoms with Crippen molar-refractivity contribution >= 4 is 19.9 Å². The molecular weight excluding hydrogens is 404 g/mol. The Labute approximate surface area is 192 Å². The Balaban J connectivity index is 1.66.